The molecule has 0 saturated heterocycles. The number of benzene rings is 2. The predicted octanol–water partition coefficient (Wildman–Crippen LogP) is 3.99. The molecule has 2 rings (SSSR count). The van der Waals surface area contributed by atoms with Crippen molar-refractivity contribution >= 4 is 21.6 Å². The minimum absolute atomic E-state index is 0.0422. The Labute approximate surface area is 175 Å². The van der Waals surface area contributed by atoms with Crippen LogP contribution < -0.4 is 9.62 Å². The lowest BCUT2D eigenvalue weighted by molar-refractivity contribution is -0.121. The summed E-state index contributed by atoms with van der Waals surface area (Å²) in [6.45, 7) is 6.18. The summed E-state index contributed by atoms with van der Waals surface area (Å²) in [6.07, 6.45) is 3.75. The van der Waals surface area contributed by atoms with Crippen molar-refractivity contribution in [2.24, 2.45) is 0 Å². The number of sulfonamides is 1. The van der Waals surface area contributed by atoms with Crippen LogP contribution in [0.4, 0.5) is 5.69 Å². The number of amides is 1. The summed E-state index contributed by atoms with van der Waals surface area (Å²) in [5.74, 6) is -0.0422. The van der Waals surface area contributed by atoms with Crippen LogP contribution in [-0.4, -0.2) is 33.2 Å². The van der Waals surface area contributed by atoms with Crippen molar-refractivity contribution in [3.63, 3.8) is 0 Å². The maximum atomic E-state index is 12.3. The maximum Gasteiger partial charge on any atom is 0.232 e. The Kier molecular flexibility index (Phi) is 8.26. The second-order valence-corrected chi connectivity index (χ2v) is 9.68. The zero-order chi connectivity index (χ0) is 21.4. The molecular formula is C23H32N2O3S. The Bertz CT molecular complexity index is 891. The average Bonchev–Trinajstić information content (AvgIpc) is 2.62. The van der Waals surface area contributed by atoms with Crippen molar-refractivity contribution in [2.75, 3.05) is 17.1 Å². The summed E-state index contributed by atoms with van der Waals surface area (Å²) in [4.78, 5) is 12.3. The van der Waals surface area contributed by atoms with E-state index in [-0.39, 0.29) is 18.5 Å². The van der Waals surface area contributed by atoms with Gasteiger partial charge in [-0.15, -0.1) is 0 Å². The van der Waals surface area contributed by atoms with Crippen molar-refractivity contribution in [1.29, 1.82) is 0 Å². The minimum Gasteiger partial charge on any atom is -0.354 e. The standard InChI is InChI=1S/C23H32N2O3S/c1-18-15-19(2)17-22(16-18)25(29(4,27)28)14-8-11-23(26)24-20(3)12-13-21-9-6-5-7-10-21/h5-7,9-10,15-17,20H,8,11-14H2,1-4H3,(H,24,26). The third-order valence-corrected chi connectivity index (χ3v) is 5.97. The summed E-state index contributed by atoms with van der Waals surface area (Å²) in [5, 5.41) is 3.01. The fourth-order valence-electron chi connectivity index (χ4n) is 3.41. The van der Waals surface area contributed by atoms with E-state index >= 15 is 0 Å². The van der Waals surface area contributed by atoms with Crippen molar-refractivity contribution in [1.82, 2.24) is 5.32 Å². The molecule has 1 atom stereocenters. The first-order valence-electron chi connectivity index (χ1n) is 10.0. The molecule has 1 unspecified atom stereocenters. The molecule has 0 aliphatic rings. The van der Waals surface area contributed by atoms with E-state index in [1.54, 1.807) is 0 Å². The van der Waals surface area contributed by atoms with E-state index in [0.29, 0.717) is 18.5 Å². The number of nitrogens with one attached hydrogen (secondary N) is 1. The van der Waals surface area contributed by atoms with Gasteiger partial charge in [-0.25, -0.2) is 8.42 Å². The third kappa shape index (κ3) is 7.89. The lowest BCUT2D eigenvalue weighted by Gasteiger charge is -2.23. The van der Waals surface area contributed by atoms with Gasteiger partial charge in [-0.2, -0.15) is 0 Å². The fraction of sp³-hybridized carbons (Fsp3) is 0.435. The zero-order valence-electron chi connectivity index (χ0n) is 17.8. The number of aryl methyl sites for hydroxylation is 3. The van der Waals surface area contributed by atoms with E-state index in [0.717, 1.165) is 24.0 Å². The highest BCUT2D eigenvalue weighted by Gasteiger charge is 2.18. The highest BCUT2D eigenvalue weighted by atomic mass is 32.2. The number of carbonyl (C=O) groups is 1. The maximum absolute atomic E-state index is 12.3. The van der Waals surface area contributed by atoms with E-state index in [9.17, 15) is 13.2 Å². The summed E-state index contributed by atoms with van der Waals surface area (Å²) < 4.78 is 25.9. The normalized spacial score (nSPS) is 12.4. The lowest BCUT2D eigenvalue weighted by atomic mass is 10.1. The average molecular weight is 417 g/mol. The van der Waals surface area contributed by atoms with Crippen molar-refractivity contribution in [3.8, 4) is 0 Å². The van der Waals surface area contributed by atoms with Gasteiger partial charge in [0, 0.05) is 19.0 Å². The van der Waals surface area contributed by atoms with E-state index in [1.807, 2.05) is 57.2 Å². The quantitative estimate of drug-likeness (QED) is 0.637. The molecule has 2 aromatic carbocycles. The Balaban J connectivity index is 1.84. The molecule has 158 valence electrons. The van der Waals surface area contributed by atoms with E-state index in [4.69, 9.17) is 0 Å². The van der Waals surface area contributed by atoms with Gasteiger partial charge in [-0.1, -0.05) is 36.4 Å². The van der Waals surface area contributed by atoms with Crippen LogP contribution >= 0.6 is 0 Å². The Morgan fingerprint density at radius 2 is 1.69 bits per heavy atom. The highest BCUT2D eigenvalue weighted by Crippen LogP contribution is 2.21. The van der Waals surface area contributed by atoms with Gasteiger partial charge in [-0.05, 0) is 68.9 Å². The molecule has 6 heteroatoms. The second-order valence-electron chi connectivity index (χ2n) is 7.78. The molecule has 0 spiro atoms. The van der Waals surface area contributed by atoms with Gasteiger partial charge in [0.2, 0.25) is 15.9 Å². The Hall–Kier alpha value is -2.34. The van der Waals surface area contributed by atoms with Gasteiger partial charge in [0.05, 0.1) is 11.9 Å². The molecule has 0 bridgehead atoms. The van der Waals surface area contributed by atoms with Gasteiger partial charge in [-0.3, -0.25) is 9.10 Å². The molecule has 2 aromatic rings. The topological polar surface area (TPSA) is 66.5 Å². The molecule has 5 nitrogen and oxygen atoms in total. The summed E-state index contributed by atoms with van der Waals surface area (Å²) in [7, 11) is -3.41. The van der Waals surface area contributed by atoms with E-state index in [1.165, 1.54) is 16.1 Å². The molecule has 0 saturated carbocycles. The van der Waals surface area contributed by atoms with E-state index < -0.39 is 10.0 Å². The predicted molar refractivity (Wildman–Crippen MR) is 120 cm³/mol. The van der Waals surface area contributed by atoms with Gasteiger partial charge < -0.3 is 5.32 Å². The first-order chi connectivity index (χ1) is 13.6. The van der Waals surface area contributed by atoms with Crippen LogP contribution in [0.15, 0.2) is 48.5 Å². The molecular weight excluding hydrogens is 384 g/mol. The lowest BCUT2D eigenvalue weighted by Crippen LogP contribution is -2.35. The van der Waals surface area contributed by atoms with Crippen LogP contribution in [0.1, 0.15) is 42.9 Å². The van der Waals surface area contributed by atoms with Gasteiger partial charge >= 0.3 is 0 Å². The number of nitrogens with zero attached hydrogens (tertiary/aromatic N) is 1. The molecule has 0 fully saturated rings. The van der Waals surface area contributed by atoms with Gasteiger partial charge in [0.25, 0.3) is 0 Å². The van der Waals surface area contributed by atoms with Gasteiger partial charge in [0.1, 0.15) is 0 Å². The zero-order valence-corrected chi connectivity index (χ0v) is 18.6. The highest BCUT2D eigenvalue weighted by molar-refractivity contribution is 7.92. The second kappa shape index (κ2) is 10.4. The number of hydrogen-bond donors (Lipinski definition) is 1. The van der Waals surface area contributed by atoms with Gasteiger partial charge in [0.15, 0.2) is 0 Å². The van der Waals surface area contributed by atoms with E-state index in [2.05, 4.69) is 17.4 Å². The van der Waals surface area contributed by atoms with Crippen molar-refractivity contribution < 1.29 is 13.2 Å². The molecule has 0 aliphatic heterocycles. The Morgan fingerprint density at radius 3 is 2.28 bits per heavy atom. The molecule has 0 radical (unpaired) electrons. The van der Waals surface area contributed by atoms with Crippen LogP contribution in [0.5, 0.6) is 0 Å². The summed E-state index contributed by atoms with van der Waals surface area (Å²) in [6, 6.07) is 16.0. The smallest absolute Gasteiger partial charge is 0.232 e. The van der Waals surface area contributed by atoms with Crippen LogP contribution in [0.3, 0.4) is 0 Å². The summed E-state index contributed by atoms with van der Waals surface area (Å²) >= 11 is 0. The number of carbonyl (C=O) groups excluding carboxylic acids is 1. The van der Waals surface area contributed by atoms with Crippen LogP contribution in [-0.2, 0) is 21.2 Å². The van der Waals surface area contributed by atoms with Crippen LogP contribution in [0.25, 0.3) is 0 Å². The summed E-state index contributed by atoms with van der Waals surface area (Å²) in [5.41, 5.74) is 3.93. The Morgan fingerprint density at radius 1 is 1.07 bits per heavy atom. The van der Waals surface area contributed by atoms with Crippen LogP contribution in [0.2, 0.25) is 0 Å². The molecule has 0 aromatic heterocycles. The molecule has 0 aliphatic carbocycles. The van der Waals surface area contributed by atoms with Crippen LogP contribution in [0, 0.1) is 13.8 Å². The fourth-order valence-corrected chi connectivity index (χ4v) is 4.36. The molecule has 1 N–H and O–H groups in total. The number of hydrogen-bond acceptors (Lipinski definition) is 3. The van der Waals surface area contributed by atoms with Crippen molar-refractivity contribution in [2.45, 2.75) is 52.5 Å². The monoisotopic (exact) mass is 416 g/mol. The molecule has 29 heavy (non-hydrogen) atoms. The molecule has 1 amide bonds. The SMILES string of the molecule is Cc1cc(C)cc(N(CCCC(=O)NC(C)CCc2ccccc2)S(C)(=O)=O)c1. The minimum atomic E-state index is -3.41. The molecule has 0 heterocycles. The van der Waals surface area contributed by atoms with Crippen molar-refractivity contribution in [3.05, 3.63) is 65.2 Å². The third-order valence-electron chi connectivity index (χ3n) is 4.78. The first kappa shape index (κ1) is 22.9. The number of rotatable bonds is 10. The first-order valence-corrected chi connectivity index (χ1v) is 11.9. The number of anilines is 1. The largest absolute Gasteiger partial charge is 0.354 e.